The number of nitrogens with one attached hydrogen (secondary N) is 1. The van der Waals surface area contributed by atoms with Crippen LogP contribution < -0.4 is 5.32 Å². The summed E-state index contributed by atoms with van der Waals surface area (Å²) in [6.07, 6.45) is 3.55. The summed E-state index contributed by atoms with van der Waals surface area (Å²) in [6, 6.07) is -1.07. The first-order valence-corrected chi connectivity index (χ1v) is 3.55. The van der Waals surface area contributed by atoms with E-state index in [4.69, 9.17) is 11.6 Å². The summed E-state index contributed by atoms with van der Waals surface area (Å²) in [5, 5.41) is 0.297. The minimum absolute atomic E-state index is 0.590. The number of halogens is 3. The van der Waals surface area contributed by atoms with Gasteiger partial charge >= 0.3 is 0 Å². The first-order valence-electron chi connectivity index (χ1n) is 3.18. The van der Waals surface area contributed by atoms with Gasteiger partial charge in [0.25, 0.3) is 0 Å². The van der Waals surface area contributed by atoms with Crippen LogP contribution in [0.5, 0.6) is 0 Å². The molecule has 0 aromatic carbocycles. The number of allylic oxidation sites excluding steroid dienone is 2. The zero-order chi connectivity index (χ0) is 8.48. The molecular formula is C7H8ClF2N. The van der Waals surface area contributed by atoms with Crippen LogP contribution in [0.1, 0.15) is 0 Å². The predicted octanol–water partition coefficient (Wildman–Crippen LogP) is 1.90. The minimum Gasteiger partial charge on any atom is -0.307 e. The fourth-order valence-electron chi connectivity index (χ4n) is 0.975. The molecule has 0 amide bonds. The molecule has 4 heteroatoms. The lowest BCUT2D eigenvalue weighted by Gasteiger charge is -2.25. The highest BCUT2D eigenvalue weighted by Gasteiger charge is 2.38. The SMILES string of the molecule is CNC1C(F)=CC=CC1(F)Cl. The Morgan fingerprint density at radius 3 is 2.73 bits per heavy atom. The Hall–Kier alpha value is -0.410. The van der Waals surface area contributed by atoms with Gasteiger partial charge in [-0.2, -0.15) is 0 Å². The molecule has 0 aliphatic heterocycles. The van der Waals surface area contributed by atoms with Gasteiger partial charge in [-0.3, -0.25) is 0 Å². The molecule has 0 fully saturated rings. The molecule has 1 rings (SSSR count). The molecule has 0 aromatic rings. The van der Waals surface area contributed by atoms with Gasteiger partial charge in [0.15, 0.2) is 0 Å². The van der Waals surface area contributed by atoms with Crippen molar-refractivity contribution in [2.24, 2.45) is 0 Å². The standard InChI is InChI=1S/C7H8ClF2N/c1-11-6-5(9)3-2-4-7(6,8)10/h2-4,6,11H,1H3. The van der Waals surface area contributed by atoms with Gasteiger partial charge < -0.3 is 5.32 Å². The molecule has 62 valence electrons. The van der Waals surface area contributed by atoms with E-state index in [9.17, 15) is 8.78 Å². The number of rotatable bonds is 1. The molecule has 0 bridgehead atoms. The van der Waals surface area contributed by atoms with Crippen molar-refractivity contribution >= 4 is 11.6 Å². The maximum atomic E-state index is 13.1. The molecule has 1 aliphatic carbocycles. The van der Waals surface area contributed by atoms with Crippen molar-refractivity contribution < 1.29 is 8.78 Å². The molecule has 0 spiro atoms. The summed E-state index contributed by atoms with van der Waals surface area (Å²) < 4.78 is 25.9. The highest BCUT2D eigenvalue weighted by molar-refractivity contribution is 6.25. The Labute approximate surface area is 68.7 Å². The molecule has 0 aromatic heterocycles. The second-order valence-electron chi connectivity index (χ2n) is 2.31. The second kappa shape index (κ2) is 2.91. The van der Waals surface area contributed by atoms with Gasteiger partial charge in [0.1, 0.15) is 11.9 Å². The Morgan fingerprint density at radius 1 is 1.73 bits per heavy atom. The van der Waals surface area contributed by atoms with E-state index in [2.05, 4.69) is 5.32 Å². The summed E-state index contributed by atoms with van der Waals surface area (Å²) in [7, 11) is 1.45. The van der Waals surface area contributed by atoms with Crippen molar-refractivity contribution in [2.45, 2.75) is 11.2 Å². The van der Waals surface area contributed by atoms with E-state index in [1.807, 2.05) is 0 Å². The Morgan fingerprint density at radius 2 is 2.36 bits per heavy atom. The molecule has 0 heterocycles. The third-order valence-electron chi connectivity index (χ3n) is 1.52. The summed E-state index contributed by atoms with van der Waals surface area (Å²) in [4.78, 5) is 0. The van der Waals surface area contributed by atoms with Crippen molar-refractivity contribution in [3.63, 3.8) is 0 Å². The number of likely N-dealkylation sites (N-methyl/N-ethyl adjacent to an activating group) is 1. The van der Waals surface area contributed by atoms with Crippen molar-refractivity contribution in [1.82, 2.24) is 5.32 Å². The van der Waals surface area contributed by atoms with Crippen LogP contribution >= 0.6 is 11.6 Å². The van der Waals surface area contributed by atoms with Gasteiger partial charge in [-0.15, -0.1) is 0 Å². The molecule has 1 aliphatic rings. The molecule has 0 saturated carbocycles. The van der Waals surface area contributed by atoms with Crippen LogP contribution in [-0.4, -0.2) is 18.2 Å². The third-order valence-corrected chi connectivity index (χ3v) is 1.87. The maximum Gasteiger partial charge on any atom is 0.223 e. The molecule has 0 radical (unpaired) electrons. The van der Waals surface area contributed by atoms with Crippen molar-refractivity contribution in [1.29, 1.82) is 0 Å². The van der Waals surface area contributed by atoms with E-state index < -0.39 is 17.0 Å². The van der Waals surface area contributed by atoms with Crippen LogP contribution in [-0.2, 0) is 0 Å². The molecule has 11 heavy (non-hydrogen) atoms. The van der Waals surface area contributed by atoms with Gasteiger partial charge in [-0.1, -0.05) is 17.7 Å². The topological polar surface area (TPSA) is 12.0 Å². The molecule has 0 saturated heterocycles. The van der Waals surface area contributed by atoms with E-state index in [1.165, 1.54) is 19.2 Å². The molecular weight excluding hydrogens is 172 g/mol. The van der Waals surface area contributed by atoms with E-state index in [0.717, 1.165) is 6.08 Å². The van der Waals surface area contributed by atoms with Crippen molar-refractivity contribution in [3.05, 3.63) is 24.1 Å². The van der Waals surface area contributed by atoms with Gasteiger partial charge in [-0.25, -0.2) is 8.78 Å². The zero-order valence-corrected chi connectivity index (χ0v) is 6.70. The number of alkyl halides is 2. The van der Waals surface area contributed by atoms with E-state index in [-0.39, 0.29) is 0 Å². The van der Waals surface area contributed by atoms with Crippen LogP contribution in [0, 0.1) is 0 Å². The van der Waals surface area contributed by atoms with E-state index >= 15 is 0 Å². The Kier molecular flexibility index (Phi) is 2.30. The maximum absolute atomic E-state index is 13.1. The van der Waals surface area contributed by atoms with Gasteiger partial charge in [0.05, 0.1) is 0 Å². The van der Waals surface area contributed by atoms with Crippen LogP contribution in [0.25, 0.3) is 0 Å². The average molecular weight is 180 g/mol. The van der Waals surface area contributed by atoms with Crippen molar-refractivity contribution in [2.75, 3.05) is 7.05 Å². The van der Waals surface area contributed by atoms with Gasteiger partial charge in [0, 0.05) is 0 Å². The lowest BCUT2D eigenvalue weighted by Crippen LogP contribution is -2.42. The van der Waals surface area contributed by atoms with Crippen LogP contribution in [0.2, 0.25) is 0 Å². The molecule has 1 nitrogen and oxygen atoms in total. The average Bonchev–Trinajstić information content (AvgIpc) is 1.86. The van der Waals surface area contributed by atoms with Crippen molar-refractivity contribution in [3.8, 4) is 0 Å². The largest absolute Gasteiger partial charge is 0.307 e. The zero-order valence-electron chi connectivity index (χ0n) is 5.94. The Bertz CT molecular complexity index is 210. The smallest absolute Gasteiger partial charge is 0.223 e. The fraction of sp³-hybridized carbons (Fsp3) is 0.429. The van der Waals surface area contributed by atoms with Crippen LogP contribution in [0.15, 0.2) is 24.1 Å². The van der Waals surface area contributed by atoms with Crippen LogP contribution in [0.3, 0.4) is 0 Å². The predicted molar refractivity (Wildman–Crippen MR) is 40.9 cm³/mol. The fourth-order valence-corrected chi connectivity index (χ4v) is 1.26. The summed E-state index contributed by atoms with van der Waals surface area (Å²) in [5.41, 5.74) is 0. The minimum atomic E-state index is -2.15. The van der Waals surface area contributed by atoms with E-state index in [1.54, 1.807) is 0 Å². The lowest BCUT2D eigenvalue weighted by atomic mass is 10.1. The summed E-state index contributed by atoms with van der Waals surface area (Å²) in [5.74, 6) is -0.590. The number of hydrogen-bond donors (Lipinski definition) is 1. The monoisotopic (exact) mass is 179 g/mol. The number of hydrogen-bond acceptors (Lipinski definition) is 1. The third kappa shape index (κ3) is 1.60. The van der Waals surface area contributed by atoms with Gasteiger partial charge in [0.2, 0.25) is 5.13 Å². The normalized spacial score (nSPS) is 37.1. The first-order chi connectivity index (χ1) is 5.08. The molecule has 1 N–H and O–H groups in total. The van der Waals surface area contributed by atoms with E-state index in [0.29, 0.717) is 0 Å². The Balaban J connectivity index is 2.88. The summed E-state index contributed by atoms with van der Waals surface area (Å²) >= 11 is 5.34. The second-order valence-corrected chi connectivity index (χ2v) is 2.89. The molecule has 2 atom stereocenters. The highest BCUT2D eigenvalue weighted by atomic mass is 35.5. The lowest BCUT2D eigenvalue weighted by molar-refractivity contribution is 0.260. The van der Waals surface area contributed by atoms with Gasteiger partial charge in [-0.05, 0) is 19.2 Å². The highest BCUT2D eigenvalue weighted by Crippen LogP contribution is 2.31. The van der Waals surface area contributed by atoms with Crippen LogP contribution in [0.4, 0.5) is 8.78 Å². The molecule has 2 unspecified atom stereocenters. The quantitative estimate of drug-likeness (QED) is 0.607. The summed E-state index contributed by atoms with van der Waals surface area (Å²) in [6.45, 7) is 0. The first kappa shape index (κ1) is 8.68.